The number of hydrogen-bond donors (Lipinski definition) is 1. The highest BCUT2D eigenvalue weighted by molar-refractivity contribution is 6.31. The van der Waals surface area contributed by atoms with E-state index in [4.69, 9.17) is 16.3 Å². The van der Waals surface area contributed by atoms with E-state index in [-0.39, 0.29) is 11.4 Å². The fourth-order valence-electron chi connectivity index (χ4n) is 3.76. The highest BCUT2D eigenvalue weighted by Gasteiger charge is 2.14. The van der Waals surface area contributed by atoms with Crippen LogP contribution in [0.25, 0.3) is 23.1 Å². The Labute approximate surface area is 203 Å². The van der Waals surface area contributed by atoms with Crippen molar-refractivity contribution in [1.29, 1.82) is 0 Å². The molecule has 0 radical (unpaired) electrons. The molecule has 5 nitrogen and oxygen atoms in total. The molecule has 0 amide bonds. The van der Waals surface area contributed by atoms with Crippen LogP contribution < -0.4 is 0 Å². The number of benzene rings is 3. The predicted octanol–water partition coefficient (Wildman–Crippen LogP) is 5.69. The summed E-state index contributed by atoms with van der Waals surface area (Å²) in [4.78, 5) is 16.6. The highest BCUT2D eigenvalue weighted by atomic mass is 35.5. The van der Waals surface area contributed by atoms with E-state index in [2.05, 4.69) is 4.98 Å². The lowest BCUT2D eigenvalue weighted by molar-refractivity contribution is 0.0599. The van der Waals surface area contributed by atoms with Crippen molar-refractivity contribution >= 4 is 40.6 Å². The first-order valence-corrected chi connectivity index (χ1v) is 11.1. The topological polar surface area (TPSA) is 90.9 Å². The summed E-state index contributed by atoms with van der Waals surface area (Å²) in [6.07, 6.45) is 4.33. The molecule has 0 aliphatic rings. The first-order valence-electron chi connectivity index (χ1n) is 10.7. The van der Waals surface area contributed by atoms with Crippen molar-refractivity contribution in [3.8, 4) is 0 Å². The number of carbonyl (C=O) groups is 1. The number of aliphatic hydroxyl groups is 1. The Morgan fingerprint density at radius 3 is 2.65 bits per heavy atom. The summed E-state index contributed by atoms with van der Waals surface area (Å²) in [5, 5.41) is 12.5. The second-order valence-corrected chi connectivity index (χ2v) is 8.22. The number of nitrogens with zero attached hydrogens (tertiary/aromatic N) is 1. The zero-order chi connectivity index (χ0) is 23.2. The summed E-state index contributed by atoms with van der Waals surface area (Å²) in [7, 11) is 1.37. The number of methoxy groups -OCH3 is 1. The van der Waals surface area contributed by atoms with Crippen molar-refractivity contribution in [2.45, 2.75) is 18.9 Å². The van der Waals surface area contributed by atoms with Crippen molar-refractivity contribution in [2.75, 3.05) is 7.11 Å². The number of halogens is 1. The minimum absolute atomic E-state index is 0. The van der Waals surface area contributed by atoms with Crippen LogP contribution in [-0.4, -0.2) is 28.6 Å². The molecule has 0 aliphatic heterocycles. The number of fused-ring (bicyclic) bond motifs is 1. The molecule has 1 heterocycles. The number of esters is 1. The first kappa shape index (κ1) is 25.1. The van der Waals surface area contributed by atoms with Crippen molar-refractivity contribution in [2.24, 2.45) is 0 Å². The molecule has 0 fully saturated rings. The van der Waals surface area contributed by atoms with Gasteiger partial charge in [-0.25, -0.2) is 9.78 Å². The molecule has 0 aliphatic carbocycles. The molecule has 6 heteroatoms. The summed E-state index contributed by atoms with van der Waals surface area (Å²) in [5.41, 5.74) is 4.87. The Balaban J connectivity index is 0.00000324. The van der Waals surface area contributed by atoms with Crippen LogP contribution in [0, 0.1) is 0 Å². The van der Waals surface area contributed by atoms with Crippen LogP contribution >= 0.6 is 11.6 Å². The predicted molar refractivity (Wildman–Crippen MR) is 137 cm³/mol. The summed E-state index contributed by atoms with van der Waals surface area (Å²) >= 11 is 6.08. The third kappa shape index (κ3) is 6.08. The SMILES string of the molecule is COC(=O)c1ccccc1CCC(O)c1cccc(/C=C/c2ccc3ccc(Cl)cc3n2)c1.O. The molecule has 4 aromatic rings. The van der Waals surface area contributed by atoms with Gasteiger partial charge in [-0.05, 0) is 65.9 Å². The maximum absolute atomic E-state index is 12.0. The number of aliphatic hydroxyl groups excluding tert-OH is 1. The monoisotopic (exact) mass is 475 g/mol. The molecular formula is C28H26ClNO4. The summed E-state index contributed by atoms with van der Waals surface area (Å²) < 4.78 is 4.86. The molecule has 1 unspecified atom stereocenters. The van der Waals surface area contributed by atoms with Gasteiger partial charge in [-0.2, -0.15) is 0 Å². The van der Waals surface area contributed by atoms with E-state index in [1.165, 1.54) is 7.11 Å². The van der Waals surface area contributed by atoms with E-state index in [0.717, 1.165) is 33.3 Å². The highest BCUT2D eigenvalue weighted by Crippen LogP contribution is 2.23. The number of rotatable bonds is 7. The van der Waals surface area contributed by atoms with E-state index >= 15 is 0 Å². The van der Waals surface area contributed by atoms with E-state index in [1.54, 1.807) is 12.1 Å². The van der Waals surface area contributed by atoms with Gasteiger partial charge >= 0.3 is 5.97 Å². The molecule has 1 aromatic heterocycles. The van der Waals surface area contributed by atoms with Crippen LogP contribution in [0.5, 0.6) is 0 Å². The Bertz CT molecular complexity index is 1320. The third-order valence-corrected chi connectivity index (χ3v) is 5.76. The van der Waals surface area contributed by atoms with Gasteiger partial charge in [0.05, 0.1) is 30.0 Å². The zero-order valence-corrected chi connectivity index (χ0v) is 19.5. The molecule has 0 bridgehead atoms. The lowest BCUT2D eigenvalue weighted by Gasteiger charge is -2.13. The minimum Gasteiger partial charge on any atom is -0.465 e. The van der Waals surface area contributed by atoms with Crippen LogP contribution in [0.1, 0.15) is 45.3 Å². The number of aryl methyl sites for hydroxylation is 1. The number of ether oxygens (including phenoxy) is 1. The first-order chi connectivity index (χ1) is 16.0. The average molecular weight is 476 g/mol. The molecule has 4 rings (SSSR count). The quantitative estimate of drug-likeness (QED) is 0.348. The Hall–Kier alpha value is -3.51. The van der Waals surface area contributed by atoms with Crippen LogP contribution in [0.4, 0.5) is 0 Å². The van der Waals surface area contributed by atoms with Gasteiger partial charge in [-0.15, -0.1) is 0 Å². The average Bonchev–Trinajstić information content (AvgIpc) is 2.85. The second kappa shape index (κ2) is 11.6. The Morgan fingerprint density at radius 1 is 1.03 bits per heavy atom. The lowest BCUT2D eigenvalue weighted by Crippen LogP contribution is -2.07. The zero-order valence-electron chi connectivity index (χ0n) is 18.7. The van der Waals surface area contributed by atoms with Gasteiger partial charge in [0.15, 0.2) is 0 Å². The van der Waals surface area contributed by atoms with Crippen LogP contribution in [-0.2, 0) is 11.2 Å². The van der Waals surface area contributed by atoms with Gasteiger partial charge in [-0.3, -0.25) is 0 Å². The smallest absolute Gasteiger partial charge is 0.338 e. The van der Waals surface area contributed by atoms with Gasteiger partial charge in [-0.1, -0.05) is 66.2 Å². The van der Waals surface area contributed by atoms with E-state index in [9.17, 15) is 9.90 Å². The minimum atomic E-state index is -0.648. The molecule has 1 atom stereocenters. The van der Waals surface area contributed by atoms with Crippen molar-refractivity contribution < 1.29 is 20.1 Å². The molecule has 34 heavy (non-hydrogen) atoms. The molecule has 3 aromatic carbocycles. The molecule has 0 saturated carbocycles. The molecule has 3 N–H and O–H groups in total. The number of pyridine rings is 1. The van der Waals surface area contributed by atoms with Gasteiger partial charge in [0, 0.05) is 10.4 Å². The molecule has 174 valence electrons. The Kier molecular flexibility index (Phi) is 8.55. The second-order valence-electron chi connectivity index (χ2n) is 7.78. The van der Waals surface area contributed by atoms with E-state index in [1.807, 2.05) is 78.9 Å². The molecule has 0 saturated heterocycles. The summed E-state index contributed by atoms with van der Waals surface area (Å²) in [6, 6.07) is 24.7. The maximum atomic E-state index is 12.0. The fourth-order valence-corrected chi connectivity index (χ4v) is 3.92. The van der Waals surface area contributed by atoms with Crippen molar-refractivity contribution in [3.63, 3.8) is 0 Å². The lowest BCUT2D eigenvalue weighted by atomic mass is 9.97. The normalized spacial score (nSPS) is 11.9. The third-order valence-electron chi connectivity index (χ3n) is 5.53. The summed E-state index contributed by atoms with van der Waals surface area (Å²) in [6.45, 7) is 0. The molecular weight excluding hydrogens is 450 g/mol. The van der Waals surface area contributed by atoms with Crippen molar-refractivity contribution in [1.82, 2.24) is 4.98 Å². The number of carbonyl (C=O) groups excluding carboxylic acids is 1. The number of hydrogen-bond acceptors (Lipinski definition) is 4. The largest absolute Gasteiger partial charge is 0.465 e. The van der Waals surface area contributed by atoms with Gasteiger partial charge in [0.1, 0.15) is 0 Å². The summed E-state index contributed by atoms with van der Waals surface area (Å²) in [5.74, 6) is -0.364. The van der Waals surface area contributed by atoms with Crippen molar-refractivity contribution in [3.05, 3.63) is 112 Å². The Morgan fingerprint density at radius 2 is 1.82 bits per heavy atom. The van der Waals surface area contributed by atoms with Gasteiger partial charge in [0.25, 0.3) is 0 Å². The van der Waals surface area contributed by atoms with Gasteiger partial charge < -0.3 is 15.3 Å². The van der Waals surface area contributed by atoms with Crippen LogP contribution in [0.15, 0.2) is 78.9 Å². The number of aromatic nitrogens is 1. The van der Waals surface area contributed by atoms with Crippen LogP contribution in [0.2, 0.25) is 5.02 Å². The van der Waals surface area contributed by atoms with Gasteiger partial charge in [0.2, 0.25) is 0 Å². The van der Waals surface area contributed by atoms with E-state index in [0.29, 0.717) is 23.4 Å². The maximum Gasteiger partial charge on any atom is 0.338 e. The molecule has 0 spiro atoms. The fraction of sp³-hybridized carbons (Fsp3) is 0.143. The van der Waals surface area contributed by atoms with E-state index < -0.39 is 6.10 Å². The van der Waals surface area contributed by atoms with Crippen LogP contribution in [0.3, 0.4) is 0 Å². The standard InChI is InChI=1S/C28H24ClNO3.H2O/c1-33-28(32)25-8-3-2-6-20(25)12-16-27(31)22-7-4-5-19(17-22)9-14-24-15-11-21-10-13-23(29)18-26(21)30-24;/h2-11,13-15,17-18,27,31H,12,16H2,1H3;1H2/b14-9+;.